The number of fused-ring (bicyclic) bond motifs is 2. The molecule has 4 bridgehead atoms. The van der Waals surface area contributed by atoms with Crippen LogP contribution in [0.2, 0.25) is 0 Å². The Balaban J connectivity index is 0.000000159. The first kappa shape index (κ1) is 34.5. The largest absolute Gasteiger partial charge is 0.496 e. The quantitative estimate of drug-likeness (QED) is 0.458. The third-order valence-electron chi connectivity index (χ3n) is 12.8. The van der Waals surface area contributed by atoms with Crippen LogP contribution in [0.4, 0.5) is 0 Å². The predicted molar refractivity (Wildman–Crippen MR) is 190 cm³/mol. The van der Waals surface area contributed by atoms with Crippen LogP contribution in [0, 0.1) is 25.7 Å². The van der Waals surface area contributed by atoms with Gasteiger partial charge in [-0.3, -0.25) is 19.3 Å². The minimum Gasteiger partial charge on any atom is -0.496 e. The van der Waals surface area contributed by atoms with Crippen LogP contribution >= 0.6 is 0 Å². The Labute approximate surface area is 295 Å². The van der Waals surface area contributed by atoms with Crippen LogP contribution in [0.5, 0.6) is 11.5 Å². The highest BCUT2D eigenvalue weighted by atomic mass is 16.5. The summed E-state index contributed by atoms with van der Waals surface area (Å²) in [6.07, 6.45) is 8.82. The second kappa shape index (κ2) is 13.0. The van der Waals surface area contributed by atoms with E-state index < -0.39 is 0 Å². The van der Waals surface area contributed by atoms with Crippen LogP contribution in [-0.2, 0) is 47.5 Å². The van der Waals surface area contributed by atoms with Crippen LogP contribution in [0.25, 0.3) is 0 Å². The number of ketones is 3. The van der Waals surface area contributed by atoms with E-state index in [1.54, 1.807) is 35.4 Å². The molecular weight excluding hydrogens is 632 g/mol. The van der Waals surface area contributed by atoms with Gasteiger partial charge in [-0.15, -0.1) is 0 Å². The number of benzene rings is 2. The number of nitrogens with zero attached hydrogens (tertiary/aromatic N) is 1. The lowest BCUT2D eigenvalue weighted by Gasteiger charge is -2.57. The van der Waals surface area contributed by atoms with Crippen molar-refractivity contribution in [3.05, 3.63) is 81.3 Å². The summed E-state index contributed by atoms with van der Waals surface area (Å²) in [6.45, 7) is 8.14. The number of rotatable bonds is 6. The lowest BCUT2D eigenvalue weighted by molar-refractivity contribution is -0.125. The van der Waals surface area contributed by atoms with E-state index in [2.05, 4.69) is 48.3 Å². The summed E-state index contributed by atoms with van der Waals surface area (Å²) in [5, 5.41) is 3.65. The Morgan fingerprint density at radius 3 is 1.86 bits per heavy atom. The van der Waals surface area contributed by atoms with Crippen molar-refractivity contribution in [3.63, 3.8) is 0 Å². The lowest BCUT2D eigenvalue weighted by Crippen LogP contribution is -2.62. The van der Waals surface area contributed by atoms with E-state index >= 15 is 0 Å². The fraction of sp³-hybridized carbons (Fsp3) is 0.537. The van der Waals surface area contributed by atoms with Crippen molar-refractivity contribution in [2.24, 2.45) is 11.8 Å². The first-order chi connectivity index (χ1) is 24.0. The molecule has 1 N–H and O–H groups in total. The molecule has 6 aliphatic rings. The van der Waals surface area contributed by atoms with Gasteiger partial charge in [-0.1, -0.05) is 12.1 Å². The number of hydrogen-bond donors (Lipinski definition) is 1. The van der Waals surface area contributed by atoms with E-state index in [1.165, 1.54) is 27.8 Å². The minimum atomic E-state index is -0.233. The van der Waals surface area contributed by atoms with Crippen molar-refractivity contribution in [3.8, 4) is 11.5 Å². The second-order valence-electron chi connectivity index (χ2n) is 15.1. The molecule has 0 aromatic heterocycles. The molecule has 0 saturated carbocycles. The summed E-state index contributed by atoms with van der Waals surface area (Å²) < 4.78 is 21.9. The van der Waals surface area contributed by atoms with Crippen molar-refractivity contribution in [1.29, 1.82) is 0 Å². The zero-order chi connectivity index (χ0) is 35.5. The Bertz CT molecular complexity index is 1810. The molecule has 2 saturated heterocycles. The standard InChI is InChI=1S/C22H27NO4.C19H23NO3/c1-13(24)12-23-8-7-22-11-18(25)20(27-4)10-16(22)17(23)9-15-5-6-19(26-3)14(2)21(15)22;1-11-16(22-2)5-4-12-8-14-13-9-17(23-3)15(21)10-19(13,18(11)12)6-7-20-14/h5-6,10,16-17H,7-9,11-12H2,1-4H3;4-5,9,13-14,20H,6-8,10H2,1-3H3/t16?,17-,22+;13?,14-,19+/m00/s1. The highest BCUT2D eigenvalue weighted by Gasteiger charge is 2.57. The van der Waals surface area contributed by atoms with Crippen LogP contribution in [-0.4, -0.2) is 82.4 Å². The molecule has 4 aliphatic carbocycles. The smallest absolute Gasteiger partial charge is 0.197 e. The SMILES string of the molecule is COC1=CC2[C@@H]3Cc4ccc(OC)c(C)c4[C@]2(CCN3)CC1=O.COC1=CC2[C@@H]3Cc4ccc(OC)c(C)c4[C@]2(CCN3CC(C)=O)CC1=O. The minimum absolute atomic E-state index is 0.0718. The van der Waals surface area contributed by atoms with Crippen molar-refractivity contribution in [1.82, 2.24) is 10.2 Å². The highest BCUT2D eigenvalue weighted by Crippen LogP contribution is 2.57. The zero-order valence-corrected chi connectivity index (χ0v) is 30.4. The Hall–Kier alpha value is -3.95. The third-order valence-corrected chi connectivity index (χ3v) is 12.8. The normalized spacial score (nSPS) is 30.5. The number of carbonyl (C=O) groups excluding carboxylic acids is 3. The topological polar surface area (TPSA) is 103 Å². The van der Waals surface area contributed by atoms with Gasteiger partial charge in [-0.05, 0) is 117 Å². The van der Waals surface area contributed by atoms with Crippen molar-refractivity contribution in [2.45, 2.75) is 82.2 Å². The van der Waals surface area contributed by atoms with E-state index in [4.69, 9.17) is 18.9 Å². The summed E-state index contributed by atoms with van der Waals surface area (Å²) in [7, 11) is 6.57. The summed E-state index contributed by atoms with van der Waals surface area (Å²) in [6, 6.07) is 8.99. The summed E-state index contributed by atoms with van der Waals surface area (Å²) >= 11 is 0. The Morgan fingerprint density at radius 1 is 0.780 bits per heavy atom. The third kappa shape index (κ3) is 5.22. The maximum absolute atomic E-state index is 12.8. The van der Waals surface area contributed by atoms with Gasteiger partial charge in [-0.25, -0.2) is 0 Å². The average molecular weight is 683 g/mol. The van der Waals surface area contributed by atoms with E-state index in [0.29, 0.717) is 42.9 Å². The zero-order valence-electron chi connectivity index (χ0n) is 30.4. The highest BCUT2D eigenvalue weighted by molar-refractivity contribution is 5.96. The number of hydrogen-bond acceptors (Lipinski definition) is 9. The molecule has 2 aliphatic heterocycles. The average Bonchev–Trinajstić information content (AvgIpc) is 3.08. The molecule has 2 aromatic carbocycles. The molecular formula is C41H50N2O7. The molecule has 0 radical (unpaired) electrons. The number of Topliss-reactive ketones (excluding diaryl/α,β-unsaturated/α-hetero) is 3. The summed E-state index contributed by atoms with van der Waals surface area (Å²) in [5.41, 5.74) is 7.26. The second-order valence-corrected chi connectivity index (χ2v) is 15.1. The van der Waals surface area contributed by atoms with Gasteiger partial charge in [0, 0.05) is 47.6 Å². The Kier molecular flexibility index (Phi) is 8.96. The molecule has 6 atom stereocenters. The fourth-order valence-corrected chi connectivity index (χ4v) is 10.8. The van der Waals surface area contributed by atoms with Crippen LogP contribution < -0.4 is 14.8 Å². The first-order valence-electron chi connectivity index (χ1n) is 17.9. The number of allylic oxidation sites excluding steroid dienone is 2. The predicted octanol–water partition coefficient (Wildman–Crippen LogP) is 4.86. The molecule has 2 aromatic rings. The van der Waals surface area contributed by atoms with Crippen molar-refractivity contribution >= 4 is 17.3 Å². The molecule has 0 amide bonds. The van der Waals surface area contributed by atoms with Crippen LogP contribution in [0.3, 0.4) is 0 Å². The van der Waals surface area contributed by atoms with Gasteiger partial charge in [0.25, 0.3) is 0 Å². The fourth-order valence-electron chi connectivity index (χ4n) is 10.8. The molecule has 9 heteroatoms. The number of methoxy groups -OCH3 is 4. The van der Waals surface area contributed by atoms with E-state index in [9.17, 15) is 14.4 Å². The monoisotopic (exact) mass is 682 g/mol. The molecule has 0 spiro atoms. The number of carbonyl (C=O) groups is 3. The van der Waals surface area contributed by atoms with Crippen molar-refractivity contribution in [2.75, 3.05) is 48.1 Å². The van der Waals surface area contributed by atoms with Gasteiger partial charge < -0.3 is 24.3 Å². The molecule has 8 rings (SSSR count). The van der Waals surface area contributed by atoms with E-state index in [1.807, 2.05) is 12.1 Å². The maximum atomic E-state index is 12.8. The van der Waals surface area contributed by atoms with E-state index in [0.717, 1.165) is 55.8 Å². The van der Waals surface area contributed by atoms with Gasteiger partial charge in [0.1, 0.15) is 17.3 Å². The lowest BCUT2D eigenvalue weighted by atomic mass is 9.53. The summed E-state index contributed by atoms with van der Waals surface area (Å²) in [5.74, 6) is 3.64. The van der Waals surface area contributed by atoms with Gasteiger partial charge in [0.05, 0.1) is 35.0 Å². The molecule has 2 fully saturated rings. The molecule has 266 valence electrons. The van der Waals surface area contributed by atoms with Crippen LogP contribution in [0.15, 0.2) is 47.9 Å². The number of likely N-dealkylation sites (tertiary alicyclic amines) is 1. The number of nitrogens with one attached hydrogen (secondary N) is 1. The van der Waals surface area contributed by atoms with Crippen LogP contribution in [0.1, 0.15) is 66.0 Å². The van der Waals surface area contributed by atoms with Crippen molar-refractivity contribution < 1.29 is 33.3 Å². The molecule has 2 heterocycles. The van der Waals surface area contributed by atoms with Gasteiger partial charge in [0.15, 0.2) is 23.1 Å². The van der Waals surface area contributed by atoms with Gasteiger partial charge >= 0.3 is 0 Å². The van der Waals surface area contributed by atoms with Gasteiger partial charge in [-0.2, -0.15) is 0 Å². The first-order valence-corrected chi connectivity index (χ1v) is 17.9. The Morgan fingerprint density at radius 2 is 1.32 bits per heavy atom. The van der Waals surface area contributed by atoms with Gasteiger partial charge in [0.2, 0.25) is 0 Å². The number of ether oxygens (including phenoxy) is 4. The van der Waals surface area contributed by atoms with E-state index in [-0.39, 0.29) is 40.1 Å². The molecule has 9 nitrogen and oxygen atoms in total. The number of piperidine rings is 2. The maximum Gasteiger partial charge on any atom is 0.197 e. The molecule has 2 unspecified atom stereocenters. The summed E-state index contributed by atoms with van der Waals surface area (Å²) in [4.78, 5) is 39.6. The molecule has 50 heavy (non-hydrogen) atoms.